The van der Waals surface area contributed by atoms with Crippen LogP contribution in [0.2, 0.25) is 0 Å². The third-order valence-electron chi connectivity index (χ3n) is 4.04. The van der Waals surface area contributed by atoms with Gasteiger partial charge in [-0.05, 0) is 17.7 Å². The zero-order valence-electron chi connectivity index (χ0n) is 15.3. The van der Waals surface area contributed by atoms with E-state index < -0.39 is 0 Å². The lowest BCUT2D eigenvalue weighted by Crippen LogP contribution is -2.12. The van der Waals surface area contributed by atoms with Crippen molar-refractivity contribution >= 4 is 11.6 Å². The molecule has 1 aromatic heterocycles. The zero-order chi connectivity index (χ0) is 19.1. The van der Waals surface area contributed by atoms with Gasteiger partial charge in [0.15, 0.2) is 11.5 Å². The number of methoxy groups -OCH3 is 2. The van der Waals surface area contributed by atoms with Crippen LogP contribution in [0, 0.1) is 0 Å². The molecule has 0 radical (unpaired) electrons. The summed E-state index contributed by atoms with van der Waals surface area (Å²) in [6.45, 7) is 0.851. The predicted molar refractivity (Wildman–Crippen MR) is 105 cm³/mol. The van der Waals surface area contributed by atoms with Gasteiger partial charge in [-0.15, -0.1) is 0 Å². The molecule has 0 aliphatic rings. The molecule has 0 atom stereocenters. The Labute approximate surface area is 158 Å². The van der Waals surface area contributed by atoms with Gasteiger partial charge in [-0.2, -0.15) is 0 Å². The maximum absolute atomic E-state index is 12.8. The van der Waals surface area contributed by atoms with Gasteiger partial charge >= 0.3 is 0 Å². The number of H-pyrrole nitrogens is 1. The van der Waals surface area contributed by atoms with E-state index in [9.17, 15) is 4.79 Å². The smallest absolute Gasteiger partial charge is 0.257 e. The molecule has 0 saturated heterocycles. The van der Waals surface area contributed by atoms with Gasteiger partial charge in [0.05, 0.1) is 19.3 Å². The highest BCUT2D eigenvalue weighted by Gasteiger charge is 2.15. The summed E-state index contributed by atoms with van der Waals surface area (Å²) in [6.07, 6.45) is 3.51. The van der Waals surface area contributed by atoms with E-state index in [1.54, 1.807) is 38.6 Å². The number of aromatic nitrogens is 1. The number of amides is 1. The van der Waals surface area contributed by atoms with Crippen molar-refractivity contribution in [1.29, 1.82) is 0 Å². The van der Waals surface area contributed by atoms with Crippen LogP contribution in [0.5, 0.6) is 11.5 Å². The first-order valence-electron chi connectivity index (χ1n) is 8.56. The van der Waals surface area contributed by atoms with Crippen LogP contribution in [0.3, 0.4) is 0 Å². The fourth-order valence-corrected chi connectivity index (χ4v) is 2.71. The second-order valence-electron chi connectivity index (χ2n) is 5.81. The summed E-state index contributed by atoms with van der Waals surface area (Å²) in [5, 5.41) is 2.91. The third kappa shape index (κ3) is 4.48. The Kier molecular flexibility index (Phi) is 6.12. The monoisotopic (exact) mass is 366 g/mol. The van der Waals surface area contributed by atoms with Crippen molar-refractivity contribution in [2.24, 2.45) is 0 Å². The Hall–Kier alpha value is -3.25. The summed E-state index contributed by atoms with van der Waals surface area (Å²) in [5.74, 6) is 0.934. The summed E-state index contributed by atoms with van der Waals surface area (Å²) in [4.78, 5) is 15.8. The van der Waals surface area contributed by atoms with Crippen molar-refractivity contribution < 1.29 is 19.0 Å². The predicted octanol–water partition coefficient (Wildman–Crippen LogP) is 3.97. The lowest BCUT2D eigenvalue weighted by Gasteiger charge is -2.13. The lowest BCUT2D eigenvalue weighted by atomic mass is 10.0. The van der Waals surface area contributed by atoms with Gasteiger partial charge in [0.1, 0.15) is 6.61 Å². The molecule has 0 unspecified atom stereocenters. The van der Waals surface area contributed by atoms with Gasteiger partial charge < -0.3 is 24.5 Å². The number of carbonyl (C=O) groups excluding carboxylic acids is 1. The van der Waals surface area contributed by atoms with Crippen LogP contribution in [0.1, 0.15) is 10.4 Å². The number of ether oxygens (including phenoxy) is 3. The van der Waals surface area contributed by atoms with Gasteiger partial charge in [0, 0.05) is 36.8 Å². The van der Waals surface area contributed by atoms with Crippen LogP contribution in [-0.2, 0) is 4.74 Å². The van der Waals surface area contributed by atoms with E-state index in [2.05, 4.69) is 10.3 Å². The van der Waals surface area contributed by atoms with E-state index in [0.717, 1.165) is 11.1 Å². The van der Waals surface area contributed by atoms with E-state index in [4.69, 9.17) is 14.2 Å². The molecule has 6 heteroatoms. The van der Waals surface area contributed by atoms with Crippen LogP contribution in [0.15, 0.2) is 60.9 Å². The van der Waals surface area contributed by atoms with Gasteiger partial charge in [-0.25, -0.2) is 0 Å². The van der Waals surface area contributed by atoms with Crippen molar-refractivity contribution in [2.45, 2.75) is 0 Å². The van der Waals surface area contributed by atoms with Crippen molar-refractivity contribution in [2.75, 3.05) is 32.8 Å². The molecule has 3 aromatic rings. The molecule has 3 rings (SSSR count). The molecular formula is C21H22N2O4. The number of rotatable bonds is 8. The number of aromatic amines is 1. The standard InChI is InChI=1S/C21H22N2O4/c1-25-10-11-27-20-12-16(8-9-19(20)26-2)23-21(24)18-14-22-13-17(18)15-6-4-3-5-7-15/h3-9,12-14,22H,10-11H2,1-2H3,(H,23,24). The SMILES string of the molecule is COCCOc1cc(NC(=O)c2c[nH]cc2-c2ccccc2)ccc1OC. The van der Waals surface area contributed by atoms with Gasteiger partial charge in [0.25, 0.3) is 5.91 Å². The number of nitrogens with one attached hydrogen (secondary N) is 2. The fraction of sp³-hybridized carbons (Fsp3) is 0.190. The number of carbonyl (C=O) groups is 1. The van der Waals surface area contributed by atoms with Crippen LogP contribution in [0.25, 0.3) is 11.1 Å². The van der Waals surface area contributed by atoms with Crippen LogP contribution in [-0.4, -0.2) is 38.3 Å². The van der Waals surface area contributed by atoms with Crippen molar-refractivity contribution in [3.63, 3.8) is 0 Å². The highest BCUT2D eigenvalue weighted by Crippen LogP contribution is 2.31. The Morgan fingerprint density at radius 1 is 1.00 bits per heavy atom. The van der Waals surface area contributed by atoms with Crippen LogP contribution >= 0.6 is 0 Å². The fourth-order valence-electron chi connectivity index (χ4n) is 2.71. The largest absolute Gasteiger partial charge is 0.493 e. The highest BCUT2D eigenvalue weighted by molar-refractivity contribution is 6.08. The Morgan fingerprint density at radius 3 is 2.56 bits per heavy atom. The van der Waals surface area contributed by atoms with E-state index in [1.165, 1.54) is 0 Å². The second-order valence-corrected chi connectivity index (χ2v) is 5.81. The molecule has 27 heavy (non-hydrogen) atoms. The summed E-state index contributed by atoms with van der Waals surface area (Å²) in [5.41, 5.74) is 3.01. The Morgan fingerprint density at radius 2 is 1.81 bits per heavy atom. The quantitative estimate of drug-likeness (QED) is 0.592. The zero-order valence-corrected chi connectivity index (χ0v) is 15.3. The van der Waals surface area contributed by atoms with E-state index in [-0.39, 0.29) is 5.91 Å². The molecule has 0 spiro atoms. The van der Waals surface area contributed by atoms with Gasteiger partial charge in [-0.3, -0.25) is 4.79 Å². The molecule has 0 fully saturated rings. The molecule has 0 aliphatic carbocycles. The minimum Gasteiger partial charge on any atom is -0.493 e. The number of hydrogen-bond donors (Lipinski definition) is 2. The summed E-state index contributed by atoms with van der Waals surface area (Å²) < 4.78 is 16.0. The first kappa shape index (κ1) is 18.5. The second kappa shape index (κ2) is 8.91. The molecule has 2 aromatic carbocycles. The maximum Gasteiger partial charge on any atom is 0.257 e. The van der Waals surface area contributed by atoms with Crippen molar-refractivity contribution in [3.8, 4) is 22.6 Å². The lowest BCUT2D eigenvalue weighted by molar-refractivity contribution is 0.102. The molecular weight excluding hydrogens is 344 g/mol. The molecule has 0 saturated carbocycles. The maximum atomic E-state index is 12.8. The van der Waals surface area contributed by atoms with E-state index in [1.807, 2.05) is 36.5 Å². The third-order valence-corrected chi connectivity index (χ3v) is 4.04. The first-order chi connectivity index (χ1) is 13.2. The first-order valence-corrected chi connectivity index (χ1v) is 8.56. The van der Waals surface area contributed by atoms with Gasteiger partial charge in [-0.1, -0.05) is 30.3 Å². The van der Waals surface area contributed by atoms with E-state index in [0.29, 0.717) is 36.0 Å². The van der Waals surface area contributed by atoms with Crippen molar-refractivity contribution in [3.05, 3.63) is 66.5 Å². The highest BCUT2D eigenvalue weighted by atomic mass is 16.5. The summed E-state index contributed by atoms with van der Waals surface area (Å²) in [6, 6.07) is 15.0. The average Bonchev–Trinajstić information content (AvgIpc) is 3.19. The average molecular weight is 366 g/mol. The number of anilines is 1. The Bertz CT molecular complexity index is 890. The Balaban J connectivity index is 1.79. The van der Waals surface area contributed by atoms with Gasteiger partial charge in [0.2, 0.25) is 0 Å². The molecule has 1 amide bonds. The minimum absolute atomic E-state index is 0.205. The minimum atomic E-state index is -0.205. The van der Waals surface area contributed by atoms with Crippen LogP contribution in [0.4, 0.5) is 5.69 Å². The summed E-state index contributed by atoms with van der Waals surface area (Å²) in [7, 11) is 3.18. The number of benzene rings is 2. The topological polar surface area (TPSA) is 72.6 Å². The van der Waals surface area contributed by atoms with Crippen LogP contribution < -0.4 is 14.8 Å². The molecule has 2 N–H and O–H groups in total. The summed E-state index contributed by atoms with van der Waals surface area (Å²) >= 11 is 0. The molecule has 0 bridgehead atoms. The van der Waals surface area contributed by atoms with Crippen molar-refractivity contribution in [1.82, 2.24) is 4.98 Å². The molecule has 140 valence electrons. The molecule has 1 heterocycles. The molecule has 0 aliphatic heterocycles. The normalized spacial score (nSPS) is 10.4. The molecule has 6 nitrogen and oxygen atoms in total. The van der Waals surface area contributed by atoms with E-state index >= 15 is 0 Å². The number of hydrogen-bond acceptors (Lipinski definition) is 4.